The third-order valence-electron chi connectivity index (χ3n) is 12.5. The number of likely N-dealkylation sites (tertiary alicyclic amines) is 1. The lowest BCUT2D eigenvalue weighted by Gasteiger charge is -2.54. The maximum atomic E-state index is 7.53. The van der Waals surface area contributed by atoms with Crippen LogP contribution in [-0.4, -0.2) is 83.9 Å². The number of nitrogens with zero attached hydrogens (tertiary/aromatic N) is 3. The molecule has 2 aromatic rings. The van der Waals surface area contributed by atoms with Crippen LogP contribution in [0.4, 0.5) is 5.69 Å². The van der Waals surface area contributed by atoms with Gasteiger partial charge in [-0.05, 0) is 104 Å². The Morgan fingerprint density at radius 3 is 1.80 bits per heavy atom. The quantitative estimate of drug-likeness (QED) is 0.136. The minimum absolute atomic E-state index is 0.0112. The van der Waals surface area contributed by atoms with Crippen molar-refractivity contribution in [1.82, 2.24) is 14.5 Å². The number of anilines is 1. The molecule has 1 aromatic carbocycles. The molecular formula is C40H76N4O3Si3. The summed E-state index contributed by atoms with van der Waals surface area (Å²) in [6.07, 6.45) is 10.5. The number of piperidine rings is 1. The summed E-state index contributed by atoms with van der Waals surface area (Å²) in [7, 11) is -6.13. The molecule has 0 aliphatic carbocycles. The van der Waals surface area contributed by atoms with Crippen LogP contribution in [-0.2, 0) is 13.3 Å². The number of unbranched alkanes of at least 4 members (excludes halogenated alkanes) is 3. The molecule has 0 amide bonds. The van der Waals surface area contributed by atoms with Crippen LogP contribution in [0, 0.1) is 5.92 Å². The summed E-state index contributed by atoms with van der Waals surface area (Å²) >= 11 is 0. The van der Waals surface area contributed by atoms with Gasteiger partial charge in [0.15, 0.2) is 25.0 Å². The Kier molecular flexibility index (Phi) is 14.5. The molecule has 0 unspecified atom stereocenters. The van der Waals surface area contributed by atoms with E-state index < -0.39 is 25.0 Å². The van der Waals surface area contributed by atoms with Gasteiger partial charge in [0, 0.05) is 36.9 Å². The maximum Gasteiger partial charge on any atom is 0.192 e. The van der Waals surface area contributed by atoms with E-state index in [-0.39, 0.29) is 33.4 Å². The third-order valence-corrected chi connectivity index (χ3v) is 26.0. The number of hydrogen-bond donors (Lipinski definition) is 1. The Morgan fingerprint density at radius 1 is 0.740 bits per heavy atom. The number of hydrogen-bond acceptors (Lipinski definition) is 6. The van der Waals surface area contributed by atoms with E-state index in [2.05, 4.69) is 148 Å². The van der Waals surface area contributed by atoms with Gasteiger partial charge in [-0.15, -0.1) is 0 Å². The van der Waals surface area contributed by atoms with Gasteiger partial charge in [0.2, 0.25) is 0 Å². The molecule has 1 aliphatic heterocycles. The lowest BCUT2D eigenvalue weighted by molar-refractivity contribution is -0.101. The van der Waals surface area contributed by atoms with Crippen molar-refractivity contribution in [3.05, 3.63) is 43.0 Å². The molecule has 1 aliphatic rings. The van der Waals surface area contributed by atoms with Crippen LogP contribution in [0.3, 0.4) is 0 Å². The molecule has 1 fully saturated rings. The second kappa shape index (κ2) is 16.8. The Labute approximate surface area is 311 Å². The van der Waals surface area contributed by atoms with Gasteiger partial charge in [-0.2, -0.15) is 0 Å². The van der Waals surface area contributed by atoms with Crippen LogP contribution < -0.4 is 5.32 Å². The normalized spacial score (nSPS) is 21.8. The van der Waals surface area contributed by atoms with Gasteiger partial charge in [-0.3, -0.25) is 4.90 Å². The van der Waals surface area contributed by atoms with E-state index in [0.717, 1.165) is 31.7 Å². The zero-order valence-electron chi connectivity index (χ0n) is 35.1. The molecule has 7 nitrogen and oxygen atoms in total. The molecular weight excluding hydrogens is 669 g/mol. The average Bonchev–Trinajstić information content (AvgIpc) is 3.52. The largest absolute Gasteiger partial charge is 0.415 e. The predicted molar refractivity (Wildman–Crippen MR) is 222 cm³/mol. The maximum absolute atomic E-state index is 7.53. The van der Waals surface area contributed by atoms with Crippen LogP contribution >= 0.6 is 0 Å². The van der Waals surface area contributed by atoms with Crippen LogP contribution in [0.5, 0.6) is 0 Å². The minimum atomic E-state index is -2.11. The summed E-state index contributed by atoms with van der Waals surface area (Å²) in [5.41, 5.74) is 2.30. The van der Waals surface area contributed by atoms with E-state index in [1.165, 1.54) is 24.9 Å². The third kappa shape index (κ3) is 11.4. The van der Waals surface area contributed by atoms with E-state index >= 15 is 0 Å². The molecule has 10 heteroatoms. The summed E-state index contributed by atoms with van der Waals surface area (Å²) < 4.78 is 24.0. The highest BCUT2D eigenvalue weighted by atomic mass is 28.4. The van der Waals surface area contributed by atoms with Gasteiger partial charge in [0.25, 0.3) is 0 Å². The van der Waals surface area contributed by atoms with Crippen molar-refractivity contribution in [2.24, 2.45) is 5.92 Å². The van der Waals surface area contributed by atoms with Crippen LogP contribution in [0.15, 0.2) is 43.0 Å². The van der Waals surface area contributed by atoms with Crippen LogP contribution in [0.1, 0.15) is 94.9 Å². The topological polar surface area (TPSA) is 60.8 Å². The molecule has 0 radical (unpaired) electrons. The molecule has 3 rings (SSSR count). The zero-order valence-corrected chi connectivity index (χ0v) is 38.1. The van der Waals surface area contributed by atoms with Crippen molar-refractivity contribution in [3.63, 3.8) is 0 Å². The van der Waals surface area contributed by atoms with Crippen molar-refractivity contribution in [1.29, 1.82) is 0 Å². The first kappa shape index (κ1) is 43.1. The number of rotatable bonds is 16. The minimum Gasteiger partial charge on any atom is -0.415 e. The fraction of sp³-hybridized carbons (Fsp3) is 0.775. The molecule has 50 heavy (non-hydrogen) atoms. The molecule has 1 aromatic heterocycles. The number of aromatic nitrogens is 2. The molecule has 0 saturated carbocycles. The fourth-order valence-electron chi connectivity index (χ4n) is 5.88. The van der Waals surface area contributed by atoms with Gasteiger partial charge in [-0.1, -0.05) is 82.1 Å². The highest BCUT2D eigenvalue weighted by Crippen LogP contribution is 2.44. The Hall–Kier alpha value is -1.28. The molecule has 0 spiro atoms. The Bertz CT molecular complexity index is 1300. The standard InChI is InChI=1S/C40H76N4O3Si3/c1-32-29-43(27-20-18-17-19-25-42-33-21-23-34(24-22-33)44-28-26-41-31-44)35(30-45-48(11,12)38(2,3)4)37(47-50(15,16)40(8,9)10)36(32)46-49(13,14)39(5,6)7/h21-24,26,28,31-32,35-37,42H,17-20,25,27,29-30H2,1-16H3/t32-,35+,36+,37+/m0/s1. The lowest BCUT2D eigenvalue weighted by atomic mass is 9.88. The second-order valence-electron chi connectivity index (χ2n) is 19.7. The number of benzene rings is 1. The molecule has 0 bridgehead atoms. The van der Waals surface area contributed by atoms with E-state index in [0.29, 0.717) is 12.5 Å². The number of nitrogens with one attached hydrogen (secondary N) is 1. The molecule has 1 saturated heterocycles. The highest BCUT2D eigenvalue weighted by Gasteiger charge is 2.52. The summed E-state index contributed by atoms with van der Waals surface area (Å²) in [5.74, 6) is 0.382. The molecule has 4 atom stereocenters. The van der Waals surface area contributed by atoms with Gasteiger partial charge in [-0.25, -0.2) is 4.98 Å². The fourth-order valence-corrected chi connectivity index (χ4v) is 9.63. The molecule has 286 valence electrons. The first-order chi connectivity index (χ1) is 22.9. The van der Waals surface area contributed by atoms with Gasteiger partial charge < -0.3 is 23.2 Å². The summed E-state index contributed by atoms with van der Waals surface area (Å²) in [6, 6.07) is 8.76. The van der Waals surface area contributed by atoms with Gasteiger partial charge in [0.1, 0.15) is 0 Å². The van der Waals surface area contributed by atoms with E-state index in [1.807, 2.05) is 23.3 Å². The smallest absolute Gasteiger partial charge is 0.192 e. The summed E-state index contributed by atoms with van der Waals surface area (Å²) in [4.78, 5) is 6.89. The van der Waals surface area contributed by atoms with Crippen molar-refractivity contribution < 1.29 is 13.3 Å². The van der Waals surface area contributed by atoms with Gasteiger partial charge >= 0.3 is 0 Å². The van der Waals surface area contributed by atoms with Crippen molar-refractivity contribution in [2.45, 2.75) is 168 Å². The Morgan fingerprint density at radius 2 is 1.28 bits per heavy atom. The monoisotopic (exact) mass is 745 g/mol. The number of imidazole rings is 1. The van der Waals surface area contributed by atoms with E-state index in [4.69, 9.17) is 13.3 Å². The second-order valence-corrected chi connectivity index (χ2v) is 34.0. The van der Waals surface area contributed by atoms with Crippen molar-refractivity contribution in [3.8, 4) is 5.69 Å². The lowest BCUT2D eigenvalue weighted by Crippen LogP contribution is -2.66. The van der Waals surface area contributed by atoms with Crippen LogP contribution in [0.25, 0.3) is 5.69 Å². The van der Waals surface area contributed by atoms with E-state index in [1.54, 1.807) is 0 Å². The highest BCUT2D eigenvalue weighted by molar-refractivity contribution is 6.75. The van der Waals surface area contributed by atoms with Crippen molar-refractivity contribution in [2.75, 3.05) is 31.6 Å². The predicted octanol–water partition coefficient (Wildman–Crippen LogP) is 11.0. The van der Waals surface area contributed by atoms with Crippen molar-refractivity contribution >= 4 is 30.6 Å². The van der Waals surface area contributed by atoms with Gasteiger partial charge in [0.05, 0.1) is 31.2 Å². The average molecular weight is 745 g/mol. The zero-order chi connectivity index (χ0) is 37.8. The van der Waals surface area contributed by atoms with Crippen LogP contribution in [0.2, 0.25) is 54.4 Å². The SMILES string of the molecule is C[C@H]1CN(CCCCCCNc2ccc(-n3ccnc3)cc2)[C@H](CO[Si](C)(C)C(C)(C)C)[C@@H](O[Si](C)(C)C(C)(C)C)[C@@H]1O[Si](C)(C)C(C)(C)C. The summed E-state index contributed by atoms with van der Waals surface area (Å²) in [6.45, 7) is 41.8. The first-order valence-electron chi connectivity index (χ1n) is 19.4. The first-order valence-corrected chi connectivity index (χ1v) is 28.1. The Balaban J connectivity index is 1.73. The molecule has 2 heterocycles. The molecule has 1 N–H and O–H groups in total. The summed E-state index contributed by atoms with van der Waals surface area (Å²) in [5, 5.41) is 4.02. The van der Waals surface area contributed by atoms with E-state index in [9.17, 15) is 0 Å².